The van der Waals surface area contributed by atoms with E-state index in [0.29, 0.717) is 0 Å². The smallest absolute Gasteiger partial charge is 0.321 e. The van der Waals surface area contributed by atoms with Crippen molar-refractivity contribution in [1.29, 1.82) is 0 Å². The first-order valence-corrected chi connectivity index (χ1v) is 3.93. The van der Waals surface area contributed by atoms with Gasteiger partial charge in [0, 0.05) is 21.1 Å². The van der Waals surface area contributed by atoms with Gasteiger partial charge in [-0.15, -0.1) is 0 Å². The van der Waals surface area contributed by atoms with Crippen molar-refractivity contribution in [2.45, 2.75) is 13.0 Å². The van der Waals surface area contributed by atoms with E-state index in [2.05, 4.69) is 16.1 Å². The van der Waals surface area contributed by atoms with Crippen LogP contribution in [-0.4, -0.2) is 44.1 Å². The lowest BCUT2D eigenvalue weighted by atomic mass is 10.3. The number of carbonyl (C=O) groups is 2. The number of hydrogen-bond donors (Lipinski definition) is 3. The van der Waals surface area contributed by atoms with Gasteiger partial charge in [-0.2, -0.15) is 0 Å². The van der Waals surface area contributed by atoms with Gasteiger partial charge in [0.05, 0.1) is 6.04 Å². The molecule has 0 saturated carbocycles. The fourth-order valence-electron chi connectivity index (χ4n) is 0.729. The Balaban J connectivity index is 3.89. The molecule has 0 aliphatic carbocycles. The predicted octanol–water partition coefficient (Wildman–Crippen LogP) is -1.10. The van der Waals surface area contributed by atoms with E-state index in [1.165, 1.54) is 7.05 Å². The molecule has 0 aromatic heterocycles. The predicted molar refractivity (Wildman–Crippen MR) is 48.9 cm³/mol. The maximum Gasteiger partial charge on any atom is 0.321 e. The van der Waals surface area contributed by atoms with Crippen LogP contribution >= 0.6 is 0 Å². The number of hydrazine groups is 1. The molecule has 0 aliphatic heterocycles. The van der Waals surface area contributed by atoms with Crippen LogP contribution in [0.25, 0.3) is 0 Å². The number of rotatable bonds is 3. The van der Waals surface area contributed by atoms with Crippen LogP contribution in [0.4, 0.5) is 4.79 Å². The molecular formula is C7H16N4O2. The highest BCUT2D eigenvalue weighted by Crippen LogP contribution is 1.82. The summed E-state index contributed by atoms with van der Waals surface area (Å²) < 4.78 is 0. The van der Waals surface area contributed by atoms with E-state index >= 15 is 0 Å². The minimum atomic E-state index is -0.502. The lowest BCUT2D eigenvalue weighted by molar-refractivity contribution is -0.122. The zero-order chi connectivity index (χ0) is 10.4. The first-order valence-electron chi connectivity index (χ1n) is 3.93. The Morgan fingerprint density at radius 1 is 1.31 bits per heavy atom. The second kappa shape index (κ2) is 5.50. The average molecular weight is 188 g/mol. The van der Waals surface area contributed by atoms with Crippen molar-refractivity contribution in [3.05, 3.63) is 0 Å². The van der Waals surface area contributed by atoms with Gasteiger partial charge in [-0.05, 0) is 6.92 Å². The summed E-state index contributed by atoms with van der Waals surface area (Å²) in [5, 5.41) is 6.10. The van der Waals surface area contributed by atoms with Gasteiger partial charge in [-0.3, -0.25) is 10.1 Å². The Morgan fingerprint density at radius 2 is 1.85 bits per heavy atom. The molecule has 76 valence electrons. The summed E-state index contributed by atoms with van der Waals surface area (Å²) in [6, 6.07) is -0.940. The number of hydrogen-bond acceptors (Lipinski definition) is 4. The van der Waals surface area contributed by atoms with Crippen molar-refractivity contribution in [2.75, 3.05) is 21.1 Å². The fraction of sp³-hybridized carbons (Fsp3) is 0.714. The molecule has 1 atom stereocenters. The molecule has 0 radical (unpaired) electrons. The van der Waals surface area contributed by atoms with E-state index in [1.54, 1.807) is 26.0 Å². The van der Waals surface area contributed by atoms with Crippen LogP contribution in [0.5, 0.6) is 0 Å². The van der Waals surface area contributed by atoms with Crippen LogP contribution in [0.3, 0.4) is 0 Å². The summed E-state index contributed by atoms with van der Waals surface area (Å²) >= 11 is 0. The third kappa shape index (κ3) is 5.15. The summed E-state index contributed by atoms with van der Waals surface area (Å²) in [6.45, 7) is 1.66. The van der Waals surface area contributed by atoms with E-state index in [0.717, 1.165) is 0 Å². The van der Waals surface area contributed by atoms with Crippen molar-refractivity contribution < 1.29 is 9.59 Å². The van der Waals surface area contributed by atoms with Crippen LogP contribution in [0.2, 0.25) is 0 Å². The van der Waals surface area contributed by atoms with E-state index in [-0.39, 0.29) is 5.91 Å². The number of nitrogens with zero attached hydrogens (tertiary/aromatic N) is 1. The summed E-state index contributed by atoms with van der Waals surface area (Å²) in [5.74, 6) is -0.368. The van der Waals surface area contributed by atoms with Crippen molar-refractivity contribution in [3.63, 3.8) is 0 Å². The Morgan fingerprint density at radius 3 is 2.23 bits per heavy atom. The third-order valence-corrected chi connectivity index (χ3v) is 1.31. The van der Waals surface area contributed by atoms with Crippen molar-refractivity contribution >= 4 is 11.9 Å². The Hall–Kier alpha value is -1.14. The van der Waals surface area contributed by atoms with E-state index in [4.69, 9.17) is 0 Å². The molecule has 0 rings (SSSR count). The summed E-state index contributed by atoms with van der Waals surface area (Å²) in [7, 11) is 4.99. The number of amides is 3. The van der Waals surface area contributed by atoms with Gasteiger partial charge in [0.15, 0.2) is 0 Å². The van der Waals surface area contributed by atoms with Gasteiger partial charge in [0.2, 0.25) is 5.91 Å². The molecule has 0 bridgehead atoms. The lowest BCUT2D eigenvalue weighted by Crippen LogP contribution is -2.50. The van der Waals surface area contributed by atoms with Crippen LogP contribution in [-0.2, 0) is 4.79 Å². The molecule has 0 fully saturated rings. The molecule has 0 aliphatic rings. The molecule has 0 aromatic carbocycles. The van der Waals surface area contributed by atoms with Gasteiger partial charge < -0.3 is 5.32 Å². The highest BCUT2D eigenvalue weighted by Gasteiger charge is 2.14. The zero-order valence-corrected chi connectivity index (χ0v) is 8.34. The molecular weight excluding hydrogens is 172 g/mol. The fourth-order valence-corrected chi connectivity index (χ4v) is 0.729. The molecule has 0 saturated heterocycles. The number of urea groups is 1. The molecule has 3 amide bonds. The van der Waals surface area contributed by atoms with Crippen LogP contribution in [0, 0.1) is 0 Å². The molecule has 13 heavy (non-hydrogen) atoms. The number of imide groups is 1. The topological polar surface area (TPSA) is 73.5 Å². The standard InChI is InChI=1S/C7H16N4O2/c1-5(10-11(3)4)6(12)9-7(13)8-2/h5,10H,1-4H3,(H2,8,9,12,13). The zero-order valence-electron chi connectivity index (χ0n) is 8.34. The molecule has 6 nitrogen and oxygen atoms in total. The number of nitrogens with one attached hydrogen (secondary N) is 3. The molecule has 0 spiro atoms. The van der Waals surface area contributed by atoms with Crippen LogP contribution < -0.4 is 16.1 Å². The molecule has 3 N–H and O–H groups in total. The van der Waals surface area contributed by atoms with Crippen molar-refractivity contribution in [1.82, 2.24) is 21.1 Å². The van der Waals surface area contributed by atoms with Crippen molar-refractivity contribution in [3.8, 4) is 0 Å². The molecule has 1 unspecified atom stereocenters. The summed E-state index contributed by atoms with van der Waals surface area (Å²) in [5.41, 5.74) is 2.81. The maximum absolute atomic E-state index is 11.2. The Bertz CT molecular complexity index is 193. The summed E-state index contributed by atoms with van der Waals surface area (Å²) in [6.07, 6.45) is 0. The van der Waals surface area contributed by atoms with Crippen LogP contribution in [0.15, 0.2) is 0 Å². The maximum atomic E-state index is 11.2. The third-order valence-electron chi connectivity index (χ3n) is 1.31. The highest BCUT2D eigenvalue weighted by atomic mass is 16.2. The second-order valence-electron chi connectivity index (χ2n) is 2.81. The largest absolute Gasteiger partial charge is 0.341 e. The molecule has 0 heterocycles. The normalized spacial score (nSPS) is 12.4. The number of carbonyl (C=O) groups excluding carboxylic acids is 2. The van der Waals surface area contributed by atoms with E-state index < -0.39 is 12.1 Å². The van der Waals surface area contributed by atoms with Gasteiger partial charge >= 0.3 is 6.03 Å². The van der Waals surface area contributed by atoms with Gasteiger partial charge in [-0.25, -0.2) is 15.2 Å². The van der Waals surface area contributed by atoms with E-state index in [1.807, 2.05) is 0 Å². The first-order chi connectivity index (χ1) is 5.97. The Labute approximate surface area is 77.6 Å². The second-order valence-corrected chi connectivity index (χ2v) is 2.81. The lowest BCUT2D eigenvalue weighted by Gasteiger charge is -2.17. The average Bonchev–Trinajstić information content (AvgIpc) is 2.02. The summed E-state index contributed by atoms with van der Waals surface area (Å²) in [4.78, 5) is 21.9. The minimum absolute atomic E-state index is 0.368. The monoisotopic (exact) mass is 188 g/mol. The van der Waals surface area contributed by atoms with Crippen molar-refractivity contribution in [2.24, 2.45) is 0 Å². The van der Waals surface area contributed by atoms with Crippen LogP contribution in [0.1, 0.15) is 6.92 Å². The molecule has 0 aromatic rings. The molecule has 6 heteroatoms. The SMILES string of the molecule is CNC(=O)NC(=O)C(C)NN(C)C. The minimum Gasteiger partial charge on any atom is -0.341 e. The quantitative estimate of drug-likeness (QED) is 0.491. The van der Waals surface area contributed by atoms with E-state index in [9.17, 15) is 9.59 Å². The van der Waals surface area contributed by atoms with Gasteiger partial charge in [0.1, 0.15) is 0 Å². The van der Waals surface area contributed by atoms with Gasteiger partial charge in [-0.1, -0.05) is 0 Å². The first kappa shape index (κ1) is 11.9. The van der Waals surface area contributed by atoms with Gasteiger partial charge in [0.25, 0.3) is 0 Å². The Kier molecular flexibility index (Phi) is 5.01. The highest BCUT2D eigenvalue weighted by molar-refractivity contribution is 5.96.